The molecule has 2 aromatic rings. The van der Waals surface area contributed by atoms with Gasteiger partial charge < -0.3 is 10.2 Å². The minimum absolute atomic E-state index is 0.0898. The van der Waals surface area contributed by atoms with Crippen LogP contribution in [0.3, 0.4) is 0 Å². The van der Waals surface area contributed by atoms with Gasteiger partial charge in [0.25, 0.3) is 0 Å². The van der Waals surface area contributed by atoms with Crippen LogP contribution in [0, 0.1) is 5.82 Å². The summed E-state index contributed by atoms with van der Waals surface area (Å²) in [6.07, 6.45) is -1.26. The van der Waals surface area contributed by atoms with Gasteiger partial charge in [-0.15, -0.1) is 0 Å². The molecule has 98 valence electrons. The van der Waals surface area contributed by atoms with E-state index in [1.165, 1.54) is 24.3 Å². The number of carboxylic acid groups (broad SMARTS) is 1. The third kappa shape index (κ3) is 3.14. The molecule has 0 spiro atoms. The zero-order valence-electron chi connectivity index (χ0n) is 9.52. The maximum absolute atomic E-state index is 13.3. The average Bonchev–Trinajstić information content (AvgIpc) is 2.29. The van der Waals surface area contributed by atoms with E-state index in [1.54, 1.807) is 0 Å². The van der Waals surface area contributed by atoms with E-state index in [1.807, 2.05) is 0 Å². The Labute approximate surface area is 113 Å². The summed E-state index contributed by atoms with van der Waals surface area (Å²) < 4.78 is 13.3. The lowest BCUT2D eigenvalue weighted by Crippen LogP contribution is -2.08. The molecule has 0 aliphatic rings. The van der Waals surface area contributed by atoms with E-state index >= 15 is 0 Å². The van der Waals surface area contributed by atoms with Crippen LogP contribution in [0.1, 0.15) is 0 Å². The summed E-state index contributed by atoms with van der Waals surface area (Å²) in [5.74, 6) is -0.613. The van der Waals surface area contributed by atoms with Crippen molar-refractivity contribution in [2.24, 2.45) is 0 Å². The predicted molar refractivity (Wildman–Crippen MR) is 70.2 cm³/mol. The quantitative estimate of drug-likeness (QED) is 0.781. The maximum Gasteiger partial charge on any atom is 0.409 e. The number of hydrogen-bond donors (Lipinski definition) is 3. The van der Waals surface area contributed by atoms with Crippen molar-refractivity contribution in [2.75, 3.05) is 5.32 Å². The number of nitrogens with one attached hydrogen (secondary N) is 1. The number of halogens is 2. The number of rotatable bonds is 2. The summed E-state index contributed by atoms with van der Waals surface area (Å²) in [6, 6.07) is 7.80. The van der Waals surface area contributed by atoms with Gasteiger partial charge in [0.15, 0.2) is 0 Å². The molecule has 19 heavy (non-hydrogen) atoms. The fourth-order valence-corrected chi connectivity index (χ4v) is 1.94. The Hall–Kier alpha value is -2.27. The van der Waals surface area contributed by atoms with Crippen LogP contribution in [0.5, 0.6) is 5.75 Å². The number of carbonyl (C=O) groups is 1. The van der Waals surface area contributed by atoms with Crippen molar-refractivity contribution >= 4 is 23.4 Å². The molecule has 0 unspecified atom stereocenters. The van der Waals surface area contributed by atoms with Crippen LogP contribution in [0.15, 0.2) is 36.4 Å². The molecule has 6 heteroatoms. The second kappa shape index (κ2) is 5.16. The molecule has 0 aliphatic carbocycles. The van der Waals surface area contributed by atoms with Gasteiger partial charge >= 0.3 is 6.09 Å². The number of phenolic OH excluding ortho intramolecular Hbond substituents is 1. The molecule has 0 atom stereocenters. The van der Waals surface area contributed by atoms with Crippen molar-refractivity contribution in [1.29, 1.82) is 0 Å². The molecule has 4 nitrogen and oxygen atoms in total. The van der Waals surface area contributed by atoms with E-state index < -0.39 is 11.9 Å². The molecule has 0 radical (unpaired) electrons. The highest BCUT2D eigenvalue weighted by Gasteiger charge is 2.10. The van der Waals surface area contributed by atoms with Crippen molar-refractivity contribution < 1.29 is 19.4 Å². The van der Waals surface area contributed by atoms with Gasteiger partial charge in [0.1, 0.15) is 11.6 Å². The van der Waals surface area contributed by atoms with Gasteiger partial charge in [-0.1, -0.05) is 11.6 Å². The van der Waals surface area contributed by atoms with Crippen molar-refractivity contribution in [2.45, 2.75) is 0 Å². The van der Waals surface area contributed by atoms with Crippen LogP contribution in [0.2, 0.25) is 5.02 Å². The van der Waals surface area contributed by atoms with Crippen LogP contribution in [0.4, 0.5) is 14.9 Å². The fraction of sp³-hybridized carbons (Fsp3) is 0. The molecule has 0 saturated heterocycles. The Balaban J connectivity index is 2.58. The highest BCUT2D eigenvalue weighted by molar-refractivity contribution is 6.31. The first-order valence-corrected chi connectivity index (χ1v) is 5.63. The zero-order chi connectivity index (χ0) is 14.0. The van der Waals surface area contributed by atoms with Crippen LogP contribution in [-0.4, -0.2) is 16.3 Å². The summed E-state index contributed by atoms with van der Waals surface area (Å²) in [5, 5.41) is 20.6. The van der Waals surface area contributed by atoms with Crippen molar-refractivity contribution in [3.05, 3.63) is 47.2 Å². The van der Waals surface area contributed by atoms with E-state index in [4.69, 9.17) is 16.7 Å². The smallest absolute Gasteiger partial charge is 0.409 e. The molecule has 2 aromatic carbocycles. The summed E-state index contributed by atoms with van der Waals surface area (Å²) in [6.45, 7) is 0. The Morgan fingerprint density at radius 2 is 1.95 bits per heavy atom. The molecule has 1 amide bonds. The summed E-state index contributed by atoms with van der Waals surface area (Å²) in [5.41, 5.74) is 0.906. The molecule has 2 rings (SSSR count). The molecular weight excluding hydrogens is 273 g/mol. The lowest BCUT2D eigenvalue weighted by molar-refractivity contribution is 0.210. The van der Waals surface area contributed by atoms with Gasteiger partial charge in [-0.3, -0.25) is 5.32 Å². The highest BCUT2D eigenvalue weighted by atomic mass is 35.5. The number of phenols is 1. The lowest BCUT2D eigenvalue weighted by atomic mass is 10.0. The third-order valence-electron chi connectivity index (χ3n) is 2.42. The van der Waals surface area contributed by atoms with Crippen LogP contribution in [-0.2, 0) is 0 Å². The van der Waals surface area contributed by atoms with E-state index in [9.17, 15) is 14.3 Å². The number of aromatic hydroxyl groups is 1. The Morgan fingerprint density at radius 3 is 2.58 bits per heavy atom. The van der Waals surface area contributed by atoms with Gasteiger partial charge in [-0.2, -0.15) is 0 Å². The molecule has 3 N–H and O–H groups in total. The number of hydrogen-bond acceptors (Lipinski definition) is 2. The van der Waals surface area contributed by atoms with E-state index in [2.05, 4.69) is 5.32 Å². The molecule has 0 fully saturated rings. The first-order valence-electron chi connectivity index (χ1n) is 5.25. The van der Waals surface area contributed by atoms with Crippen molar-refractivity contribution in [1.82, 2.24) is 0 Å². The van der Waals surface area contributed by atoms with E-state index in [0.29, 0.717) is 11.1 Å². The molecule has 0 bridgehead atoms. The average molecular weight is 282 g/mol. The standard InChI is InChI=1S/C13H9ClFNO3/c14-8-3-7(4-10(17)5-8)11-6-9(15)1-2-12(11)16-13(18)19/h1-6,16-17H,(H,18,19). The first kappa shape index (κ1) is 13.2. The van der Waals surface area contributed by atoms with E-state index in [-0.39, 0.29) is 16.5 Å². The Bertz CT molecular complexity index is 626. The summed E-state index contributed by atoms with van der Waals surface area (Å²) >= 11 is 5.81. The van der Waals surface area contributed by atoms with E-state index in [0.717, 1.165) is 12.1 Å². The maximum atomic E-state index is 13.3. The van der Waals surface area contributed by atoms with Gasteiger partial charge in [0.05, 0.1) is 5.69 Å². The SMILES string of the molecule is O=C(O)Nc1ccc(F)cc1-c1cc(O)cc(Cl)c1. The monoisotopic (exact) mass is 281 g/mol. The second-order valence-corrected chi connectivity index (χ2v) is 4.25. The molecule has 0 heterocycles. The molecule has 0 aliphatic heterocycles. The summed E-state index contributed by atoms with van der Waals surface area (Å²) in [7, 11) is 0. The molecule has 0 aromatic heterocycles. The lowest BCUT2D eigenvalue weighted by Gasteiger charge is -2.10. The predicted octanol–water partition coefficient (Wildman–Crippen LogP) is 3.94. The second-order valence-electron chi connectivity index (χ2n) is 3.82. The fourth-order valence-electron chi connectivity index (χ4n) is 1.71. The number of anilines is 1. The normalized spacial score (nSPS) is 10.2. The largest absolute Gasteiger partial charge is 0.508 e. The van der Waals surface area contributed by atoms with Gasteiger partial charge in [-0.25, -0.2) is 9.18 Å². The van der Waals surface area contributed by atoms with Crippen LogP contribution in [0.25, 0.3) is 11.1 Å². The Morgan fingerprint density at radius 1 is 1.21 bits per heavy atom. The number of amides is 1. The van der Waals surface area contributed by atoms with Crippen LogP contribution >= 0.6 is 11.6 Å². The zero-order valence-corrected chi connectivity index (χ0v) is 10.3. The minimum atomic E-state index is -1.26. The van der Waals surface area contributed by atoms with Gasteiger partial charge in [0, 0.05) is 10.6 Å². The van der Waals surface area contributed by atoms with Crippen LogP contribution < -0.4 is 5.32 Å². The Kier molecular flexibility index (Phi) is 3.57. The highest BCUT2D eigenvalue weighted by Crippen LogP contribution is 2.33. The van der Waals surface area contributed by atoms with Crippen molar-refractivity contribution in [3.63, 3.8) is 0 Å². The number of benzene rings is 2. The minimum Gasteiger partial charge on any atom is -0.508 e. The van der Waals surface area contributed by atoms with Gasteiger partial charge in [-0.05, 0) is 42.0 Å². The van der Waals surface area contributed by atoms with Gasteiger partial charge in [0.2, 0.25) is 0 Å². The first-order chi connectivity index (χ1) is 8.95. The molecule has 0 saturated carbocycles. The summed E-state index contributed by atoms with van der Waals surface area (Å²) in [4.78, 5) is 10.7. The third-order valence-corrected chi connectivity index (χ3v) is 2.63. The van der Waals surface area contributed by atoms with Crippen molar-refractivity contribution in [3.8, 4) is 16.9 Å². The molecular formula is C13H9ClFNO3. The topological polar surface area (TPSA) is 69.6 Å².